The number of benzene rings is 2. The third-order valence-corrected chi connectivity index (χ3v) is 6.66. The average Bonchev–Trinajstić information content (AvgIpc) is 2.70. The van der Waals surface area contributed by atoms with Gasteiger partial charge in [0.05, 0.1) is 10.4 Å². The Kier molecular flexibility index (Phi) is 6.71. The average molecular weight is 484 g/mol. The highest BCUT2D eigenvalue weighted by molar-refractivity contribution is 9.10. The number of alkyl halides is 1. The van der Waals surface area contributed by atoms with Crippen molar-refractivity contribution in [2.45, 2.75) is 23.4 Å². The quantitative estimate of drug-likeness (QED) is 0.515. The van der Waals surface area contributed by atoms with Gasteiger partial charge in [0, 0.05) is 22.0 Å². The number of rotatable bonds is 8. The van der Waals surface area contributed by atoms with Crippen LogP contribution in [0.25, 0.3) is 10.9 Å². The van der Waals surface area contributed by atoms with E-state index in [4.69, 9.17) is 9.47 Å². The van der Waals surface area contributed by atoms with Crippen LogP contribution in [0.3, 0.4) is 0 Å². The molecule has 1 heterocycles. The van der Waals surface area contributed by atoms with Crippen molar-refractivity contribution >= 4 is 36.7 Å². The highest BCUT2D eigenvalue weighted by Gasteiger charge is 2.27. The first kappa shape index (κ1) is 21.5. The predicted molar refractivity (Wildman–Crippen MR) is 111 cm³/mol. The van der Waals surface area contributed by atoms with Crippen molar-refractivity contribution in [3.8, 4) is 11.6 Å². The number of nitrogens with zero attached hydrogens (tertiary/aromatic N) is 1. The summed E-state index contributed by atoms with van der Waals surface area (Å²) in [7, 11) is -3.78. The molecule has 2 aromatic carbocycles. The Balaban J connectivity index is 1.66. The van der Waals surface area contributed by atoms with Crippen LogP contribution in [0.2, 0.25) is 0 Å². The van der Waals surface area contributed by atoms with Gasteiger partial charge in [-0.1, -0.05) is 15.9 Å². The number of hydrogen-bond donors (Lipinski definition) is 1. The summed E-state index contributed by atoms with van der Waals surface area (Å²) in [6, 6.07) is 14.4. The highest BCUT2D eigenvalue weighted by Crippen LogP contribution is 2.23. The Morgan fingerprint density at radius 3 is 2.52 bits per heavy atom. The summed E-state index contributed by atoms with van der Waals surface area (Å²) in [5.41, 5.74) is -0.727. The SMILES string of the molecule is CC(OC(CF)COc1ccc2ccc(O)nc2c1)S(=O)(=O)c1ccc(Br)cc1. The van der Waals surface area contributed by atoms with Gasteiger partial charge in [0.2, 0.25) is 15.7 Å². The van der Waals surface area contributed by atoms with E-state index in [-0.39, 0.29) is 17.4 Å². The topological polar surface area (TPSA) is 85.7 Å². The van der Waals surface area contributed by atoms with Crippen LogP contribution in [0, 0.1) is 0 Å². The zero-order chi connectivity index (χ0) is 21.0. The summed E-state index contributed by atoms with van der Waals surface area (Å²) in [6.07, 6.45) is -1.07. The molecule has 0 aliphatic carbocycles. The lowest BCUT2D eigenvalue weighted by Gasteiger charge is -2.21. The van der Waals surface area contributed by atoms with Gasteiger partial charge in [0.1, 0.15) is 25.1 Å². The maximum absolute atomic E-state index is 13.4. The van der Waals surface area contributed by atoms with Gasteiger partial charge in [0.25, 0.3) is 0 Å². The van der Waals surface area contributed by atoms with E-state index in [1.165, 1.54) is 25.1 Å². The zero-order valence-corrected chi connectivity index (χ0v) is 17.9. The predicted octanol–water partition coefficient (Wildman–Crippen LogP) is 4.26. The standard InChI is InChI=1S/C20H19BrFNO5S/c1-13(29(25,26)18-7-4-15(21)5-8-18)28-17(11-22)12-27-16-6-2-14-3-9-20(24)23-19(14)10-16/h2-10,13,17H,11-12H2,1H3,(H,23,24). The number of halogens is 2. The first-order valence-corrected chi connectivity index (χ1v) is 11.1. The molecular formula is C20H19BrFNO5S. The monoisotopic (exact) mass is 483 g/mol. The fraction of sp³-hybridized carbons (Fsp3) is 0.250. The minimum absolute atomic E-state index is 0.0899. The first-order chi connectivity index (χ1) is 13.8. The van der Waals surface area contributed by atoms with E-state index in [0.29, 0.717) is 11.3 Å². The van der Waals surface area contributed by atoms with Gasteiger partial charge in [-0.15, -0.1) is 0 Å². The molecule has 0 bridgehead atoms. The Bertz CT molecular complexity index is 1090. The molecule has 0 amide bonds. The minimum atomic E-state index is -3.78. The first-order valence-electron chi connectivity index (χ1n) is 8.73. The van der Waals surface area contributed by atoms with E-state index in [9.17, 15) is 17.9 Å². The van der Waals surface area contributed by atoms with Crippen molar-refractivity contribution in [2.75, 3.05) is 13.3 Å². The Morgan fingerprint density at radius 2 is 1.83 bits per heavy atom. The second kappa shape index (κ2) is 9.06. The maximum Gasteiger partial charge on any atom is 0.211 e. The van der Waals surface area contributed by atoms with E-state index >= 15 is 0 Å². The van der Waals surface area contributed by atoms with Crippen molar-refractivity contribution in [2.24, 2.45) is 0 Å². The van der Waals surface area contributed by atoms with Gasteiger partial charge >= 0.3 is 0 Å². The molecule has 1 N–H and O–H groups in total. The van der Waals surface area contributed by atoms with Crippen molar-refractivity contribution in [3.05, 3.63) is 59.1 Å². The molecule has 2 unspecified atom stereocenters. The normalized spacial score (nSPS) is 13.9. The Hall–Kier alpha value is -2.23. The van der Waals surface area contributed by atoms with Crippen molar-refractivity contribution in [1.82, 2.24) is 4.98 Å². The molecule has 6 nitrogen and oxygen atoms in total. The summed E-state index contributed by atoms with van der Waals surface area (Å²) in [5, 5.41) is 10.3. The molecule has 29 heavy (non-hydrogen) atoms. The molecule has 1 aromatic heterocycles. The van der Waals surface area contributed by atoms with E-state index in [1.807, 2.05) is 0 Å². The number of sulfone groups is 1. The summed E-state index contributed by atoms with van der Waals surface area (Å²) in [6.45, 7) is 0.274. The second-order valence-corrected chi connectivity index (χ2v) is 9.45. The molecular weight excluding hydrogens is 465 g/mol. The van der Waals surface area contributed by atoms with Crippen molar-refractivity contribution in [1.29, 1.82) is 0 Å². The van der Waals surface area contributed by atoms with E-state index in [1.54, 1.807) is 36.4 Å². The van der Waals surface area contributed by atoms with Crippen LogP contribution in [-0.4, -0.2) is 43.3 Å². The van der Waals surface area contributed by atoms with E-state index in [0.717, 1.165) is 9.86 Å². The molecule has 0 spiro atoms. The van der Waals surface area contributed by atoms with Crippen LogP contribution in [0.1, 0.15) is 6.92 Å². The molecule has 0 saturated heterocycles. The van der Waals surface area contributed by atoms with Crippen LogP contribution in [-0.2, 0) is 14.6 Å². The molecule has 0 aliphatic heterocycles. The van der Waals surface area contributed by atoms with Gasteiger partial charge in [-0.3, -0.25) is 0 Å². The van der Waals surface area contributed by atoms with Crippen molar-refractivity contribution in [3.63, 3.8) is 0 Å². The van der Waals surface area contributed by atoms with Crippen LogP contribution in [0.4, 0.5) is 4.39 Å². The fourth-order valence-electron chi connectivity index (χ4n) is 2.65. The Labute approximate surface area is 176 Å². The number of hydrogen-bond acceptors (Lipinski definition) is 6. The molecule has 9 heteroatoms. The smallest absolute Gasteiger partial charge is 0.211 e. The second-order valence-electron chi connectivity index (χ2n) is 6.31. The number of fused-ring (bicyclic) bond motifs is 1. The van der Waals surface area contributed by atoms with Crippen LogP contribution in [0.5, 0.6) is 11.6 Å². The number of aromatic nitrogens is 1. The number of aromatic hydroxyl groups is 1. The maximum atomic E-state index is 13.4. The van der Waals surface area contributed by atoms with Crippen LogP contribution >= 0.6 is 15.9 Å². The number of pyridine rings is 1. The zero-order valence-electron chi connectivity index (χ0n) is 15.5. The number of ether oxygens (including phenoxy) is 2. The highest BCUT2D eigenvalue weighted by atomic mass is 79.9. The van der Waals surface area contributed by atoms with E-state index in [2.05, 4.69) is 20.9 Å². The molecule has 154 valence electrons. The molecule has 2 atom stereocenters. The van der Waals surface area contributed by atoms with Crippen LogP contribution < -0.4 is 4.74 Å². The molecule has 3 aromatic rings. The van der Waals surface area contributed by atoms with E-state index < -0.39 is 28.1 Å². The van der Waals surface area contributed by atoms with Gasteiger partial charge in [0.15, 0.2) is 5.44 Å². The lowest BCUT2D eigenvalue weighted by molar-refractivity contribution is -0.00517. The summed E-state index contributed by atoms with van der Waals surface area (Å²) < 4.78 is 50.4. The summed E-state index contributed by atoms with van der Waals surface area (Å²) in [4.78, 5) is 4.08. The molecule has 0 saturated carbocycles. The lowest BCUT2D eigenvalue weighted by Crippen LogP contribution is -2.32. The fourth-order valence-corrected chi connectivity index (χ4v) is 4.11. The third kappa shape index (κ3) is 5.23. The molecule has 0 radical (unpaired) electrons. The van der Waals surface area contributed by atoms with Gasteiger partial charge < -0.3 is 14.6 Å². The minimum Gasteiger partial charge on any atom is -0.493 e. The third-order valence-electron chi connectivity index (χ3n) is 4.22. The Morgan fingerprint density at radius 1 is 1.14 bits per heavy atom. The molecule has 3 rings (SSSR count). The summed E-state index contributed by atoms with van der Waals surface area (Å²) in [5.74, 6) is 0.285. The molecule has 0 aliphatic rings. The van der Waals surface area contributed by atoms with Gasteiger partial charge in [-0.05, 0) is 49.4 Å². The van der Waals surface area contributed by atoms with Gasteiger partial charge in [-0.2, -0.15) is 0 Å². The summed E-state index contributed by atoms with van der Waals surface area (Å²) >= 11 is 3.25. The van der Waals surface area contributed by atoms with Crippen LogP contribution in [0.15, 0.2) is 64.0 Å². The lowest BCUT2D eigenvalue weighted by atomic mass is 10.2. The van der Waals surface area contributed by atoms with Gasteiger partial charge in [-0.25, -0.2) is 17.8 Å². The van der Waals surface area contributed by atoms with Crippen molar-refractivity contribution < 1.29 is 27.4 Å². The molecule has 0 fully saturated rings. The largest absolute Gasteiger partial charge is 0.493 e.